The van der Waals surface area contributed by atoms with Gasteiger partial charge < -0.3 is 10.2 Å². The fraction of sp³-hybridized carbons (Fsp3) is 0.333. The zero-order chi connectivity index (χ0) is 13.8. The van der Waals surface area contributed by atoms with Crippen molar-refractivity contribution in [1.29, 1.82) is 0 Å². The SMILES string of the molecule is Clc1cccc(-c2ccc(N3CCCNCC3)nn2)c1. The maximum atomic E-state index is 6.00. The smallest absolute Gasteiger partial charge is 0.151 e. The molecular weight excluding hydrogens is 272 g/mol. The summed E-state index contributed by atoms with van der Waals surface area (Å²) >= 11 is 6.00. The molecule has 1 fully saturated rings. The van der Waals surface area contributed by atoms with Crippen LogP contribution < -0.4 is 10.2 Å². The van der Waals surface area contributed by atoms with E-state index in [9.17, 15) is 0 Å². The lowest BCUT2D eigenvalue weighted by Gasteiger charge is -2.20. The summed E-state index contributed by atoms with van der Waals surface area (Å²) in [5.74, 6) is 0.944. The number of benzene rings is 1. The highest BCUT2D eigenvalue weighted by molar-refractivity contribution is 6.30. The first-order valence-electron chi connectivity index (χ1n) is 6.88. The van der Waals surface area contributed by atoms with Crippen LogP contribution in [0.5, 0.6) is 0 Å². The van der Waals surface area contributed by atoms with Crippen molar-refractivity contribution in [3.8, 4) is 11.3 Å². The summed E-state index contributed by atoms with van der Waals surface area (Å²) < 4.78 is 0. The van der Waals surface area contributed by atoms with Gasteiger partial charge in [0.05, 0.1) is 5.69 Å². The molecule has 0 atom stereocenters. The molecule has 1 aromatic heterocycles. The zero-order valence-corrected chi connectivity index (χ0v) is 12.0. The van der Waals surface area contributed by atoms with Gasteiger partial charge in [-0.2, -0.15) is 0 Å². The highest BCUT2D eigenvalue weighted by Gasteiger charge is 2.11. The predicted molar refractivity (Wildman–Crippen MR) is 82.2 cm³/mol. The van der Waals surface area contributed by atoms with Gasteiger partial charge in [-0.05, 0) is 37.2 Å². The summed E-state index contributed by atoms with van der Waals surface area (Å²) in [7, 11) is 0. The summed E-state index contributed by atoms with van der Waals surface area (Å²) in [6.07, 6.45) is 1.14. The maximum Gasteiger partial charge on any atom is 0.151 e. The van der Waals surface area contributed by atoms with Crippen molar-refractivity contribution in [3.05, 3.63) is 41.4 Å². The number of hydrogen-bond acceptors (Lipinski definition) is 4. The van der Waals surface area contributed by atoms with Crippen LogP contribution in [0.25, 0.3) is 11.3 Å². The number of rotatable bonds is 2. The summed E-state index contributed by atoms with van der Waals surface area (Å²) in [5, 5.41) is 12.8. The van der Waals surface area contributed by atoms with E-state index in [0.29, 0.717) is 5.02 Å². The quantitative estimate of drug-likeness (QED) is 0.922. The number of aromatic nitrogens is 2. The van der Waals surface area contributed by atoms with Gasteiger partial charge in [0.15, 0.2) is 5.82 Å². The van der Waals surface area contributed by atoms with Crippen LogP contribution in [0.15, 0.2) is 36.4 Å². The largest absolute Gasteiger partial charge is 0.354 e. The van der Waals surface area contributed by atoms with Crippen LogP contribution >= 0.6 is 11.6 Å². The fourth-order valence-corrected chi connectivity index (χ4v) is 2.56. The maximum absolute atomic E-state index is 6.00. The van der Waals surface area contributed by atoms with Gasteiger partial charge in [-0.15, -0.1) is 10.2 Å². The van der Waals surface area contributed by atoms with Crippen molar-refractivity contribution in [2.24, 2.45) is 0 Å². The minimum absolute atomic E-state index is 0.715. The van der Waals surface area contributed by atoms with E-state index >= 15 is 0 Å². The second-order valence-electron chi connectivity index (χ2n) is 4.88. The summed E-state index contributed by atoms with van der Waals surface area (Å²) in [6.45, 7) is 4.08. The van der Waals surface area contributed by atoms with E-state index in [4.69, 9.17) is 11.6 Å². The van der Waals surface area contributed by atoms with E-state index in [1.165, 1.54) is 0 Å². The number of hydrogen-bond donors (Lipinski definition) is 1. The van der Waals surface area contributed by atoms with Crippen LogP contribution in [0.2, 0.25) is 5.02 Å². The Balaban J connectivity index is 1.80. The molecule has 0 amide bonds. The summed E-state index contributed by atoms with van der Waals surface area (Å²) in [5.41, 5.74) is 1.85. The van der Waals surface area contributed by atoms with Crippen LogP contribution in [0.1, 0.15) is 6.42 Å². The second-order valence-corrected chi connectivity index (χ2v) is 5.31. The second kappa shape index (κ2) is 6.20. The van der Waals surface area contributed by atoms with Crippen molar-refractivity contribution in [2.45, 2.75) is 6.42 Å². The van der Waals surface area contributed by atoms with Gasteiger partial charge in [-0.1, -0.05) is 23.7 Å². The molecule has 0 radical (unpaired) electrons. The minimum atomic E-state index is 0.715. The molecule has 1 saturated heterocycles. The van der Waals surface area contributed by atoms with Crippen LogP contribution in [0, 0.1) is 0 Å². The van der Waals surface area contributed by atoms with Gasteiger partial charge in [0.1, 0.15) is 0 Å². The number of nitrogens with one attached hydrogen (secondary N) is 1. The third kappa shape index (κ3) is 3.08. The summed E-state index contributed by atoms with van der Waals surface area (Å²) in [4.78, 5) is 2.27. The van der Waals surface area contributed by atoms with Crippen LogP contribution in [0.4, 0.5) is 5.82 Å². The molecular formula is C15H17ClN4. The fourth-order valence-electron chi connectivity index (χ4n) is 2.37. The van der Waals surface area contributed by atoms with E-state index in [1.807, 2.05) is 36.4 Å². The molecule has 2 aromatic rings. The first-order chi connectivity index (χ1) is 9.83. The molecule has 0 spiro atoms. The first kappa shape index (κ1) is 13.3. The lowest BCUT2D eigenvalue weighted by Crippen LogP contribution is -2.28. The van der Waals surface area contributed by atoms with Crippen LogP contribution in [-0.4, -0.2) is 36.4 Å². The first-order valence-corrected chi connectivity index (χ1v) is 7.26. The van der Waals surface area contributed by atoms with Crippen molar-refractivity contribution >= 4 is 17.4 Å². The topological polar surface area (TPSA) is 41.0 Å². The third-order valence-electron chi connectivity index (χ3n) is 3.43. The van der Waals surface area contributed by atoms with Gasteiger partial charge in [0.25, 0.3) is 0 Å². The van der Waals surface area contributed by atoms with E-state index < -0.39 is 0 Å². The van der Waals surface area contributed by atoms with E-state index in [2.05, 4.69) is 20.4 Å². The van der Waals surface area contributed by atoms with E-state index in [-0.39, 0.29) is 0 Å². The van der Waals surface area contributed by atoms with Gasteiger partial charge in [0.2, 0.25) is 0 Å². The van der Waals surface area contributed by atoms with Gasteiger partial charge in [-0.3, -0.25) is 0 Å². The Morgan fingerprint density at radius 2 is 2.00 bits per heavy atom. The third-order valence-corrected chi connectivity index (χ3v) is 3.67. The monoisotopic (exact) mass is 288 g/mol. The van der Waals surface area contributed by atoms with Gasteiger partial charge in [0, 0.05) is 30.2 Å². The highest BCUT2D eigenvalue weighted by Crippen LogP contribution is 2.21. The Morgan fingerprint density at radius 3 is 2.80 bits per heavy atom. The predicted octanol–water partition coefficient (Wildman–Crippen LogP) is 2.60. The Kier molecular flexibility index (Phi) is 4.14. The average molecular weight is 289 g/mol. The number of anilines is 1. The Labute approximate surface area is 123 Å². The molecule has 1 aromatic carbocycles. The van der Waals surface area contributed by atoms with Crippen molar-refractivity contribution < 1.29 is 0 Å². The van der Waals surface area contributed by atoms with Crippen molar-refractivity contribution in [2.75, 3.05) is 31.1 Å². The lowest BCUT2D eigenvalue weighted by atomic mass is 10.1. The molecule has 1 aliphatic rings. The molecule has 1 N–H and O–H groups in total. The van der Waals surface area contributed by atoms with Crippen LogP contribution in [-0.2, 0) is 0 Å². The molecule has 3 rings (SSSR count). The van der Waals surface area contributed by atoms with Crippen LogP contribution in [0.3, 0.4) is 0 Å². The Morgan fingerprint density at radius 1 is 1.05 bits per heavy atom. The standard InChI is InChI=1S/C15H17ClN4/c16-13-4-1-3-12(11-13)14-5-6-15(19-18-14)20-9-2-7-17-8-10-20/h1,3-6,11,17H,2,7-10H2. The molecule has 0 aliphatic carbocycles. The summed E-state index contributed by atoms with van der Waals surface area (Å²) in [6, 6.07) is 11.7. The molecule has 104 valence electrons. The van der Waals surface area contributed by atoms with Crippen molar-refractivity contribution in [1.82, 2.24) is 15.5 Å². The van der Waals surface area contributed by atoms with Gasteiger partial charge >= 0.3 is 0 Å². The zero-order valence-electron chi connectivity index (χ0n) is 11.2. The molecule has 20 heavy (non-hydrogen) atoms. The number of halogens is 1. The lowest BCUT2D eigenvalue weighted by molar-refractivity contribution is 0.724. The van der Waals surface area contributed by atoms with E-state index in [0.717, 1.165) is 49.7 Å². The Bertz CT molecular complexity index is 562. The molecule has 0 bridgehead atoms. The molecule has 0 unspecified atom stereocenters. The molecule has 2 heterocycles. The average Bonchev–Trinajstić information content (AvgIpc) is 2.76. The molecule has 4 nitrogen and oxygen atoms in total. The molecule has 0 saturated carbocycles. The molecule has 5 heteroatoms. The normalized spacial score (nSPS) is 15.9. The van der Waals surface area contributed by atoms with E-state index in [1.54, 1.807) is 0 Å². The highest BCUT2D eigenvalue weighted by atomic mass is 35.5. The van der Waals surface area contributed by atoms with Gasteiger partial charge in [-0.25, -0.2) is 0 Å². The number of nitrogens with zero attached hydrogens (tertiary/aromatic N) is 3. The molecule has 1 aliphatic heterocycles. The van der Waals surface area contributed by atoms with Crippen molar-refractivity contribution in [3.63, 3.8) is 0 Å². The minimum Gasteiger partial charge on any atom is -0.354 e. The Hall–Kier alpha value is -1.65.